The van der Waals surface area contributed by atoms with Gasteiger partial charge in [-0.05, 0) is 13.0 Å². The monoisotopic (exact) mass is 188 g/mol. The zero-order chi connectivity index (χ0) is 9.68. The summed E-state index contributed by atoms with van der Waals surface area (Å²) in [6, 6.07) is 0. The molecule has 0 saturated carbocycles. The number of nitrogens with zero attached hydrogens (tertiary/aromatic N) is 1. The van der Waals surface area contributed by atoms with Gasteiger partial charge >= 0.3 is 0 Å². The molecule has 2 N–H and O–H groups in total. The summed E-state index contributed by atoms with van der Waals surface area (Å²) in [5, 5.41) is 0. The first-order chi connectivity index (χ1) is 6.25. The number of nitrogens with two attached hydrogens (primary N) is 1. The normalized spacial score (nSPS) is 10.1. The summed E-state index contributed by atoms with van der Waals surface area (Å²) >= 11 is 0. The molecule has 1 rings (SSSR count). The Hall–Kier alpha value is -1.23. The fraction of sp³-hybridized carbons (Fsp3) is 0.375. The zero-order valence-electron chi connectivity index (χ0n) is 6.96. The van der Waals surface area contributed by atoms with Crippen LogP contribution in [0, 0.1) is 11.6 Å². The molecular formula is C8H10F2N2O. The van der Waals surface area contributed by atoms with Gasteiger partial charge in [-0.2, -0.15) is 0 Å². The molecule has 0 radical (unpaired) electrons. The molecule has 13 heavy (non-hydrogen) atoms. The fourth-order valence-corrected chi connectivity index (χ4v) is 0.795. The third-order valence-electron chi connectivity index (χ3n) is 1.40. The third-order valence-corrected chi connectivity index (χ3v) is 1.40. The molecular weight excluding hydrogens is 178 g/mol. The minimum atomic E-state index is -0.794. The highest BCUT2D eigenvalue weighted by molar-refractivity contribution is 5.22. The van der Waals surface area contributed by atoms with Gasteiger partial charge in [0.1, 0.15) is 0 Å². The van der Waals surface area contributed by atoms with E-state index in [1.165, 1.54) is 0 Å². The average Bonchev–Trinajstić information content (AvgIpc) is 2.10. The standard InChI is InChI=1S/C8H10F2N2O/c9-6-4-12-5-7(10)8(6)13-3-1-2-11/h4-5H,1-3,11H2. The van der Waals surface area contributed by atoms with Crippen LogP contribution in [0.3, 0.4) is 0 Å². The maximum absolute atomic E-state index is 12.8. The first-order valence-electron chi connectivity index (χ1n) is 3.87. The maximum atomic E-state index is 12.8. The minimum Gasteiger partial charge on any atom is -0.487 e. The summed E-state index contributed by atoms with van der Waals surface area (Å²) < 4.78 is 30.5. The smallest absolute Gasteiger partial charge is 0.193 e. The van der Waals surface area contributed by atoms with Gasteiger partial charge < -0.3 is 10.5 Å². The molecule has 0 aliphatic heterocycles. The van der Waals surface area contributed by atoms with Crippen molar-refractivity contribution in [1.29, 1.82) is 0 Å². The molecule has 0 fully saturated rings. The second kappa shape index (κ2) is 4.71. The van der Waals surface area contributed by atoms with Gasteiger partial charge in [-0.3, -0.25) is 4.98 Å². The lowest BCUT2D eigenvalue weighted by molar-refractivity contribution is 0.280. The zero-order valence-corrected chi connectivity index (χ0v) is 6.96. The van der Waals surface area contributed by atoms with Gasteiger partial charge in [0.15, 0.2) is 17.4 Å². The molecule has 1 aromatic heterocycles. The van der Waals surface area contributed by atoms with E-state index in [0.29, 0.717) is 13.0 Å². The van der Waals surface area contributed by atoms with Gasteiger partial charge in [0.2, 0.25) is 0 Å². The Kier molecular flexibility index (Phi) is 3.57. The van der Waals surface area contributed by atoms with Crippen molar-refractivity contribution in [1.82, 2.24) is 4.98 Å². The van der Waals surface area contributed by atoms with E-state index >= 15 is 0 Å². The van der Waals surface area contributed by atoms with Crippen molar-refractivity contribution in [3.8, 4) is 5.75 Å². The van der Waals surface area contributed by atoms with Crippen LogP contribution in [0.4, 0.5) is 8.78 Å². The highest BCUT2D eigenvalue weighted by atomic mass is 19.1. The van der Waals surface area contributed by atoms with Gasteiger partial charge in [-0.25, -0.2) is 8.78 Å². The molecule has 1 aromatic rings. The van der Waals surface area contributed by atoms with Crippen molar-refractivity contribution >= 4 is 0 Å². The quantitative estimate of drug-likeness (QED) is 0.719. The van der Waals surface area contributed by atoms with E-state index in [1.807, 2.05) is 0 Å². The molecule has 72 valence electrons. The van der Waals surface area contributed by atoms with Crippen LogP contribution in [-0.4, -0.2) is 18.1 Å². The van der Waals surface area contributed by atoms with Crippen LogP contribution in [0.2, 0.25) is 0 Å². The van der Waals surface area contributed by atoms with Crippen LogP contribution in [0.25, 0.3) is 0 Å². The number of pyridine rings is 1. The van der Waals surface area contributed by atoms with Gasteiger partial charge in [-0.1, -0.05) is 0 Å². The Morgan fingerprint density at radius 2 is 1.92 bits per heavy atom. The Labute approximate surface area is 74.5 Å². The average molecular weight is 188 g/mol. The van der Waals surface area contributed by atoms with Crippen molar-refractivity contribution in [3.05, 3.63) is 24.0 Å². The van der Waals surface area contributed by atoms with Crippen molar-refractivity contribution in [2.75, 3.05) is 13.2 Å². The Morgan fingerprint density at radius 3 is 2.46 bits per heavy atom. The molecule has 0 saturated heterocycles. The van der Waals surface area contributed by atoms with Crippen LogP contribution in [-0.2, 0) is 0 Å². The molecule has 0 unspecified atom stereocenters. The minimum absolute atomic E-state index is 0.203. The van der Waals surface area contributed by atoms with E-state index in [4.69, 9.17) is 10.5 Å². The molecule has 0 aliphatic rings. The van der Waals surface area contributed by atoms with E-state index < -0.39 is 11.6 Å². The van der Waals surface area contributed by atoms with Gasteiger partial charge in [0.25, 0.3) is 0 Å². The molecule has 0 atom stereocenters. The summed E-state index contributed by atoms with van der Waals surface area (Å²) in [7, 11) is 0. The van der Waals surface area contributed by atoms with Crippen molar-refractivity contribution < 1.29 is 13.5 Å². The summed E-state index contributed by atoms with van der Waals surface area (Å²) in [4.78, 5) is 3.32. The highest BCUT2D eigenvalue weighted by Crippen LogP contribution is 2.19. The van der Waals surface area contributed by atoms with E-state index in [-0.39, 0.29) is 12.4 Å². The predicted molar refractivity (Wildman–Crippen MR) is 43.3 cm³/mol. The van der Waals surface area contributed by atoms with Crippen molar-refractivity contribution in [2.45, 2.75) is 6.42 Å². The number of rotatable bonds is 4. The van der Waals surface area contributed by atoms with Crippen LogP contribution < -0.4 is 10.5 Å². The maximum Gasteiger partial charge on any atom is 0.193 e. The first kappa shape index (κ1) is 9.85. The van der Waals surface area contributed by atoms with Crippen molar-refractivity contribution in [3.63, 3.8) is 0 Å². The van der Waals surface area contributed by atoms with Crippen LogP contribution in [0.15, 0.2) is 12.4 Å². The van der Waals surface area contributed by atoms with Crippen molar-refractivity contribution in [2.24, 2.45) is 5.73 Å². The number of hydrogen-bond acceptors (Lipinski definition) is 3. The molecule has 0 spiro atoms. The second-order valence-electron chi connectivity index (χ2n) is 2.42. The second-order valence-corrected chi connectivity index (χ2v) is 2.42. The van der Waals surface area contributed by atoms with E-state index in [2.05, 4.69) is 4.98 Å². The SMILES string of the molecule is NCCCOc1c(F)cncc1F. The van der Waals surface area contributed by atoms with E-state index in [0.717, 1.165) is 12.4 Å². The van der Waals surface area contributed by atoms with E-state index in [1.54, 1.807) is 0 Å². The molecule has 5 heteroatoms. The van der Waals surface area contributed by atoms with Crippen LogP contribution in [0.1, 0.15) is 6.42 Å². The number of hydrogen-bond donors (Lipinski definition) is 1. The molecule has 0 amide bonds. The Bertz CT molecular complexity index is 261. The van der Waals surface area contributed by atoms with Gasteiger partial charge in [0, 0.05) is 0 Å². The number of ether oxygens (including phenoxy) is 1. The fourth-order valence-electron chi connectivity index (χ4n) is 0.795. The summed E-state index contributed by atoms with van der Waals surface area (Å²) in [6.07, 6.45) is 2.36. The number of halogens is 2. The predicted octanol–water partition coefficient (Wildman–Crippen LogP) is 1.09. The molecule has 0 aromatic carbocycles. The van der Waals surface area contributed by atoms with Gasteiger partial charge in [-0.15, -0.1) is 0 Å². The lowest BCUT2D eigenvalue weighted by atomic mass is 10.4. The van der Waals surface area contributed by atoms with Gasteiger partial charge in [0.05, 0.1) is 19.0 Å². The first-order valence-corrected chi connectivity index (χ1v) is 3.87. The molecule has 0 aliphatic carbocycles. The van der Waals surface area contributed by atoms with Crippen LogP contribution in [0.5, 0.6) is 5.75 Å². The summed E-state index contributed by atoms with van der Waals surface area (Å²) in [6.45, 7) is 0.628. The summed E-state index contributed by atoms with van der Waals surface area (Å²) in [5.41, 5.74) is 5.19. The van der Waals surface area contributed by atoms with Crippen LogP contribution >= 0.6 is 0 Å². The molecule has 1 heterocycles. The lowest BCUT2D eigenvalue weighted by Crippen LogP contribution is -2.08. The number of aromatic nitrogens is 1. The Balaban J connectivity index is 2.64. The Morgan fingerprint density at radius 1 is 1.31 bits per heavy atom. The lowest BCUT2D eigenvalue weighted by Gasteiger charge is -2.06. The topological polar surface area (TPSA) is 48.1 Å². The molecule has 3 nitrogen and oxygen atoms in total. The highest BCUT2D eigenvalue weighted by Gasteiger charge is 2.09. The van der Waals surface area contributed by atoms with E-state index in [9.17, 15) is 8.78 Å². The summed E-state index contributed by atoms with van der Waals surface area (Å²) in [5.74, 6) is -1.97. The molecule has 0 bridgehead atoms. The third kappa shape index (κ3) is 2.62. The largest absolute Gasteiger partial charge is 0.487 e.